The van der Waals surface area contributed by atoms with Gasteiger partial charge in [-0.25, -0.2) is 9.67 Å². The van der Waals surface area contributed by atoms with Crippen molar-refractivity contribution in [3.05, 3.63) is 71.9 Å². The molecule has 0 radical (unpaired) electrons. The molecule has 0 spiro atoms. The van der Waals surface area contributed by atoms with Gasteiger partial charge in [0.1, 0.15) is 12.3 Å². The van der Waals surface area contributed by atoms with E-state index in [9.17, 15) is 0 Å². The first-order chi connectivity index (χ1) is 13.3. The second-order valence-corrected chi connectivity index (χ2v) is 6.32. The number of guanidine groups is 1. The van der Waals surface area contributed by atoms with E-state index in [0.717, 1.165) is 49.0 Å². The monoisotopic (exact) mass is 365 g/mol. The van der Waals surface area contributed by atoms with E-state index in [1.165, 1.54) is 5.56 Å². The summed E-state index contributed by atoms with van der Waals surface area (Å²) in [6, 6.07) is 14.0. The molecule has 0 aliphatic rings. The van der Waals surface area contributed by atoms with Gasteiger partial charge in [-0.2, -0.15) is 5.10 Å². The number of hydrogen-bond acceptors (Lipinski definition) is 3. The van der Waals surface area contributed by atoms with Crippen LogP contribution in [0.15, 0.2) is 64.3 Å². The average Bonchev–Trinajstić information content (AvgIpc) is 3.34. The lowest BCUT2D eigenvalue weighted by Crippen LogP contribution is -2.37. The van der Waals surface area contributed by atoms with Crippen molar-refractivity contribution in [2.24, 2.45) is 4.99 Å². The molecular formula is C21H27N5O. The van der Waals surface area contributed by atoms with Crippen molar-refractivity contribution in [2.75, 3.05) is 13.1 Å². The predicted octanol–water partition coefficient (Wildman–Crippen LogP) is 3.46. The standard InChI is InChI=1S/C21H27N5O/c1-3-22-21(24-15-20-12-8-14-27-20)23-13-7-9-18-16-26(25-17(18)2)19-10-5-4-6-11-19/h4-6,8,10-12,14,16H,3,7,9,13,15H2,1-2H3,(H2,22,23,24). The molecule has 6 heteroatoms. The van der Waals surface area contributed by atoms with Gasteiger partial charge in [0.2, 0.25) is 0 Å². The summed E-state index contributed by atoms with van der Waals surface area (Å²) in [5, 5.41) is 11.3. The van der Waals surface area contributed by atoms with E-state index < -0.39 is 0 Å². The number of rotatable bonds is 8. The molecule has 0 saturated heterocycles. The Bertz CT molecular complexity index is 837. The Kier molecular flexibility index (Phi) is 6.68. The van der Waals surface area contributed by atoms with Crippen molar-refractivity contribution < 1.29 is 4.42 Å². The van der Waals surface area contributed by atoms with E-state index >= 15 is 0 Å². The van der Waals surface area contributed by atoms with E-state index in [0.29, 0.717) is 6.54 Å². The Hall–Kier alpha value is -3.02. The Morgan fingerprint density at radius 1 is 1.15 bits per heavy atom. The molecule has 0 atom stereocenters. The van der Waals surface area contributed by atoms with E-state index in [-0.39, 0.29) is 0 Å². The van der Waals surface area contributed by atoms with Gasteiger partial charge in [-0.3, -0.25) is 0 Å². The zero-order valence-electron chi connectivity index (χ0n) is 16.0. The largest absolute Gasteiger partial charge is 0.467 e. The molecule has 0 unspecified atom stereocenters. The number of para-hydroxylation sites is 1. The molecule has 3 aromatic rings. The molecule has 6 nitrogen and oxygen atoms in total. The van der Waals surface area contributed by atoms with Crippen LogP contribution in [-0.4, -0.2) is 28.8 Å². The maximum atomic E-state index is 5.33. The maximum Gasteiger partial charge on any atom is 0.191 e. The van der Waals surface area contributed by atoms with Crippen LogP contribution in [0.1, 0.15) is 30.4 Å². The third-order valence-electron chi connectivity index (χ3n) is 4.25. The lowest BCUT2D eigenvalue weighted by Gasteiger charge is -2.10. The van der Waals surface area contributed by atoms with E-state index in [4.69, 9.17) is 4.42 Å². The summed E-state index contributed by atoms with van der Waals surface area (Å²) in [5.74, 6) is 1.67. The Labute approximate surface area is 160 Å². The number of furan rings is 1. The Morgan fingerprint density at radius 3 is 2.74 bits per heavy atom. The third-order valence-corrected chi connectivity index (χ3v) is 4.25. The van der Waals surface area contributed by atoms with Gasteiger partial charge >= 0.3 is 0 Å². The molecule has 3 rings (SSSR count). The van der Waals surface area contributed by atoms with Crippen LogP contribution in [0.4, 0.5) is 0 Å². The molecule has 2 N–H and O–H groups in total. The lowest BCUT2D eigenvalue weighted by atomic mass is 10.1. The van der Waals surface area contributed by atoms with Crippen LogP contribution in [-0.2, 0) is 13.0 Å². The SMILES string of the molecule is CCNC(=NCc1ccco1)NCCCc1cn(-c2ccccc2)nc1C. The number of nitrogens with one attached hydrogen (secondary N) is 2. The van der Waals surface area contributed by atoms with Crippen LogP contribution in [0.3, 0.4) is 0 Å². The molecule has 0 saturated carbocycles. The first kappa shape index (κ1) is 18.8. The number of aryl methyl sites for hydroxylation is 2. The first-order valence-corrected chi connectivity index (χ1v) is 9.41. The average molecular weight is 365 g/mol. The molecule has 0 bridgehead atoms. The van der Waals surface area contributed by atoms with Crippen molar-refractivity contribution in [1.29, 1.82) is 0 Å². The number of aliphatic imine (C=N–C) groups is 1. The zero-order chi connectivity index (χ0) is 18.9. The lowest BCUT2D eigenvalue weighted by molar-refractivity contribution is 0.512. The van der Waals surface area contributed by atoms with Crippen LogP contribution in [0, 0.1) is 6.92 Å². The van der Waals surface area contributed by atoms with Gasteiger partial charge in [0.15, 0.2) is 5.96 Å². The van der Waals surface area contributed by atoms with E-state index in [1.54, 1.807) is 6.26 Å². The zero-order valence-corrected chi connectivity index (χ0v) is 16.0. The summed E-state index contributed by atoms with van der Waals surface area (Å²) in [5.41, 5.74) is 3.44. The Balaban J connectivity index is 1.50. The quantitative estimate of drug-likeness (QED) is 0.364. The summed E-state index contributed by atoms with van der Waals surface area (Å²) < 4.78 is 7.28. The number of benzene rings is 1. The smallest absolute Gasteiger partial charge is 0.191 e. The minimum absolute atomic E-state index is 0.533. The van der Waals surface area contributed by atoms with Gasteiger partial charge < -0.3 is 15.1 Å². The molecule has 142 valence electrons. The molecule has 1 aromatic carbocycles. The maximum absolute atomic E-state index is 5.33. The number of aromatic nitrogens is 2. The normalized spacial score (nSPS) is 11.6. The highest BCUT2D eigenvalue weighted by atomic mass is 16.3. The predicted molar refractivity (Wildman–Crippen MR) is 108 cm³/mol. The summed E-state index contributed by atoms with van der Waals surface area (Å²) >= 11 is 0. The van der Waals surface area contributed by atoms with E-state index in [1.807, 2.05) is 35.0 Å². The molecular weight excluding hydrogens is 338 g/mol. The highest BCUT2D eigenvalue weighted by Crippen LogP contribution is 2.13. The van der Waals surface area contributed by atoms with Gasteiger partial charge in [-0.15, -0.1) is 0 Å². The number of nitrogens with zero attached hydrogens (tertiary/aromatic N) is 3. The van der Waals surface area contributed by atoms with Gasteiger partial charge in [-0.1, -0.05) is 18.2 Å². The van der Waals surface area contributed by atoms with Gasteiger partial charge in [0.05, 0.1) is 17.6 Å². The first-order valence-electron chi connectivity index (χ1n) is 9.41. The Morgan fingerprint density at radius 2 is 2.00 bits per heavy atom. The molecule has 27 heavy (non-hydrogen) atoms. The second-order valence-electron chi connectivity index (χ2n) is 6.32. The fourth-order valence-corrected chi connectivity index (χ4v) is 2.84. The van der Waals surface area contributed by atoms with Crippen LogP contribution in [0.5, 0.6) is 0 Å². The van der Waals surface area contributed by atoms with Crippen molar-refractivity contribution in [1.82, 2.24) is 20.4 Å². The minimum Gasteiger partial charge on any atom is -0.467 e. The van der Waals surface area contributed by atoms with Crippen LogP contribution >= 0.6 is 0 Å². The summed E-state index contributed by atoms with van der Waals surface area (Å²) in [6.45, 7) is 6.33. The molecule has 0 aliphatic heterocycles. The van der Waals surface area contributed by atoms with Gasteiger partial charge in [-0.05, 0) is 56.5 Å². The molecule has 0 aliphatic carbocycles. The molecule has 2 heterocycles. The summed E-state index contributed by atoms with van der Waals surface area (Å²) in [7, 11) is 0. The molecule has 2 aromatic heterocycles. The van der Waals surface area contributed by atoms with Crippen molar-refractivity contribution in [2.45, 2.75) is 33.2 Å². The van der Waals surface area contributed by atoms with Crippen molar-refractivity contribution >= 4 is 5.96 Å². The number of hydrogen-bond donors (Lipinski definition) is 2. The minimum atomic E-state index is 0.533. The second kappa shape index (κ2) is 9.62. The van der Waals surface area contributed by atoms with Gasteiger partial charge in [0, 0.05) is 19.3 Å². The van der Waals surface area contributed by atoms with Crippen LogP contribution in [0.25, 0.3) is 5.69 Å². The van der Waals surface area contributed by atoms with Crippen molar-refractivity contribution in [3.63, 3.8) is 0 Å². The molecule has 0 fully saturated rings. The summed E-state index contributed by atoms with van der Waals surface area (Å²) in [6.07, 6.45) is 5.78. The van der Waals surface area contributed by atoms with Crippen molar-refractivity contribution in [3.8, 4) is 5.69 Å². The third kappa shape index (κ3) is 5.48. The fourth-order valence-electron chi connectivity index (χ4n) is 2.84. The topological polar surface area (TPSA) is 67.4 Å². The van der Waals surface area contributed by atoms with E-state index in [2.05, 4.69) is 52.9 Å². The summed E-state index contributed by atoms with van der Waals surface area (Å²) in [4.78, 5) is 4.55. The molecule has 0 amide bonds. The van der Waals surface area contributed by atoms with Crippen LogP contribution < -0.4 is 10.6 Å². The van der Waals surface area contributed by atoms with Crippen LogP contribution in [0.2, 0.25) is 0 Å². The highest BCUT2D eigenvalue weighted by molar-refractivity contribution is 5.79. The highest BCUT2D eigenvalue weighted by Gasteiger charge is 2.06. The fraction of sp³-hybridized carbons (Fsp3) is 0.333. The van der Waals surface area contributed by atoms with Gasteiger partial charge in [0.25, 0.3) is 0 Å².